The third kappa shape index (κ3) is 1.66. The van der Waals surface area contributed by atoms with E-state index in [9.17, 15) is 5.11 Å². The molecule has 1 heterocycles. The molecular formula is C8H9BrOS. The van der Waals surface area contributed by atoms with Gasteiger partial charge in [0.2, 0.25) is 0 Å². The van der Waals surface area contributed by atoms with Crippen molar-refractivity contribution in [1.82, 2.24) is 0 Å². The SMILES string of the molecule is OC(c1ccc(Br)s1)C1CC1. The van der Waals surface area contributed by atoms with Crippen LogP contribution in [0.5, 0.6) is 0 Å². The average molecular weight is 233 g/mol. The zero-order chi connectivity index (χ0) is 7.84. The van der Waals surface area contributed by atoms with Crippen LogP contribution in [0.2, 0.25) is 0 Å². The molecule has 1 aromatic heterocycles. The van der Waals surface area contributed by atoms with E-state index >= 15 is 0 Å². The molecule has 1 nitrogen and oxygen atoms in total. The number of rotatable bonds is 2. The quantitative estimate of drug-likeness (QED) is 0.832. The molecule has 0 aliphatic heterocycles. The van der Waals surface area contributed by atoms with E-state index in [1.165, 1.54) is 12.8 Å². The lowest BCUT2D eigenvalue weighted by molar-refractivity contribution is 0.157. The van der Waals surface area contributed by atoms with Gasteiger partial charge in [-0.2, -0.15) is 0 Å². The second-order valence-electron chi connectivity index (χ2n) is 2.92. The number of aliphatic hydroxyl groups is 1. The number of hydrogen-bond donors (Lipinski definition) is 1. The molecule has 1 fully saturated rings. The number of aliphatic hydroxyl groups excluding tert-OH is 1. The summed E-state index contributed by atoms with van der Waals surface area (Å²) in [5.41, 5.74) is 0. The highest BCUT2D eigenvalue weighted by molar-refractivity contribution is 9.11. The molecule has 3 heteroatoms. The molecule has 0 amide bonds. The van der Waals surface area contributed by atoms with E-state index < -0.39 is 0 Å². The Hall–Kier alpha value is 0.140. The van der Waals surface area contributed by atoms with Crippen LogP contribution in [0.1, 0.15) is 23.8 Å². The zero-order valence-electron chi connectivity index (χ0n) is 5.96. The summed E-state index contributed by atoms with van der Waals surface area (Å²) >= 11 is 5.01. The molecule has 0 bridgehead atoms. The Balaban J connectivity index is 2.14. The van der Waals surface area contributed by atoms with Gasteiger partial charge in [0.1, 0.15) is 0 Å². The van der Waals surface area contributed by atoms with Gasteiger partial charge in [0.15, 0.2) is 0 Å². The minimum absolute atomic E-state index is 0.203. The van der Waals surface area contributed by atoms with Crippen LogP contribution in [0, 0.1) is 5.92 Å². The Kier molecular flexibility index (Phi) is 2.04. The van der Waals surface area contributed by atoms with E-state index in [2.05, 4.69) is 15.9 Å². The van der Waals surface area contributed by atoms with Crippen LogP contribution < -0.4 is 0 Å². The predicted molar refractivity (Wildman–Crippen MR) is 49.7 cm³/mol. The van der Waals surface area contributed by atoms with Crippen LogP contribution in [0.3, 0.4) is 0 Å². The van der Waals surface area contributed by atoms with Gasteiger partial charge in [-0.05, 0) is 46.8 Å². The van der Waals surface area contributed by atoms with Crippen LogP contribution in [0.15, 0.2) is 15.9 Å². The molecule has 1 atom stereocenters. The summed E-state index contributed by atoms with van der Waals surface area (Å²) in [6, 6.07) is 3.99. The van der Waals surface area contributed by atoms with Gasteiger partial charge in [0.25, 0.3) is 0 Å². The third-order valence-corrected chi connectivity index (χ3v) is 3.65. The average Bonchev–Trinajstić information content (AvgIpc) is 2.74. The fraction of sp³-hybridized carbons (Fsp3) is 0.500. The summed E-state index contributed by atoms with van der Waals surface area (Å²) in [6.45, 7) is 0. The monoisotopic (exact) mass is 232 g/mol. The van der Waals surface area contributed by atoms with E-state index in [0.29, 0.717) is 5.92 Å². The summed E-state index contributed by atoms with van der Waals surface area (Å²) in [4.78, 5) is 1.10. The second-order valence-corrected chi connectivity index (χ2v) is 5.42. The fourth-order valence-corrected chi connectivity index (χ4v) is 2.63. The third-order valence-electron chi connectivity index (χ3n) is 1.95. The van der Waals surface area contributed by atoms with Gasteiger partial charge in [-0.1, -0.05) is 0 Å². The first-order valence-electron chi connectivity index (χ1n) is 3.70. The first kappa shape index (κ1) is 7.77. The van der Waals surface area contributed by atoms with Crippen molar-refractivity contribution in [2.45, 2.75) is 18.9 Å². The first-order valence-corrected chi connectivity index (χ1v) is 5.31. The second kappa shape index (κ2) is 2.88. The normalized spacial score (nSPS) is 20.2. The molecule has 1 aliphatic carbocycles. The summed E-state index contributed by atoms with van der Waals surface area (Å²) in [6.07, 6.45) is 2.18. The molecule has 2 rings (SSSR count). The minimum Gasteiger partial charge on any atom is -0.387 e. The Morgan fingerprint density at radius 2 is 2.27 bits per heavy atom. The molecule has 0 saturated heterocycles. The van der Waals surface area contributed by atoms with E-state index in [1.807, 2.05) is 12.1 Å². The van der Waals surface area contributed by atoms with Crippen molar-refractivity contribution in [1.29, 1.82) is 0 Å². The topological polar surface area (TPSA) is 20.2 Å². The first-order chi connectivity index (χ1) is 5.27. The minimum atomic E-state index is -0.203. The molecule has 1 N–H and O–H groups in total. The van der Waals surface area contributed by atoms with Crippen LogP contribution in [-0.2, 0) is 0 Å². The van der Waals surface area contributed by atoms with E-state index in [1.54, 1.807) is 11.3 Å². The number of hydrogen-bond acceptors (Lipinski definition) is 2. The molecule has 0 spiro atoms. The highest BCUT2D eigenvalue weighted by Crippen LogP contribution is 2.43. The smallest absolute Gasteiger partial charge is 0.0910 e. The Morgan fingerprint density at radius 3 is 2.73 bits per heavy atom. The van der Waals surface area contributed by atoms with Crippen molar-refractivity contribution in [2.24, 2.45) is 5.92 Å². The fourth-order valence-electron chi connectivity index (χ4n) is 1.13. The maximum atomic E-state index is 9.66. The van der Waals surface area contributed by atoms with Crippen molar-refractivity contribution in [3.05, 3.63) is 20.8 Å². The summed E-state index contributed by atoms with van der Waals surface area (Å²) in [5.74, 6) is 0.542. The summed E-state index contributed by atoms with van der Waals surface area (Å²) in [7, 11) is 0. The Bertz CT molecular complexity index is 254. The largest absolute Gasteiger partial charge is 0.387 e. The highest BCUT2D eigenvalue weighted by atomic mass is 79.9. The predicted octanol–water partition coefficient (Wildman–Crippen LogP) is 2.95. The van der Waals surface area contributed by atoms with Gasteiger partial charge in [0.05, 0.1) is 9.89 Å². The molecule has 1 saturated carbocycles. The van der Waals surface area contributed by atoms with Crippen LogP contribution in [0.4, 0.5) is 0 Å². The number of halogens is 1. The van der Waals surface area contributed by atoms with Gasteiger partial charge in [-0.15, -0.1) is 11.3 Å². The van der Waals surface area contributed by atoms with E-state index in [-0.39, 0.29) is 6.10 Å². The van der Waals surface area contributed by atoms with Gasteiger partial charge < -0.3 is 5.11 Å². The summed E-state index contributed by atoms with van der Waals surface area (Å²) in [5, 5.41) is 9.66. The van der Waals surface area contributed by atoms with Gasteiger partial charge >= 0.3 is 0 Å². The summed E-state index contributed by atoms with van der Waals surface area (Å²) < 4.78 is 1.10. The lowest BCUT2D eigenvalue weighted by Crippen LogP contribution is -1.95. The maximum absolute atomic E-state index is 9.66. The molecule has 11 heavy (non-hydrogen) atoms. The van der Waals surface area contributed by atoms with E-state index in [4.69, 9.17) is 0 Å². The zero-order valence-corrected chi connectivity index (χ0v) is 8.36. The van der Waals surface area contributed by atoms with Crippen LogP contribution >= 0.6 is 27.3 Å². The van der Waals surface area contributed by atoms with Gasteiger partial charge in [-0.25, -0.2) is 0 Å². The molecular weight excluding hydrogens is 224 g/mol. The van der Waals surface area contributed by atoms with Crippen LogP contribution in [-0.4, -0.2) is 5.11 Å². The Morgan fingerprint density at radius 1 is 1.55 bits per heavy atom. The van der Waals surface area contributed by atoms with Gasteiger partial charge in [0, 0.05) is 4.88 Å². The lowest BCUT2D eigenvalue weighted by Gasteiger charge is -2.03. The molecule has 1 unspecified atom stereocenters. The molecule has 1 aromatic rings. The molecule has 60 valence electrons. The van der Waals surface area contributed by atoms with Crippen molar-refractivity contribution >= 4 is 27.3 Å². The standard InChI is InChI=1S/C8H9BrOS/c9-7-4-3-6(11-7)8(10)5-1-2-5/h3-5,8,10H,1-2H2. The van der Waals surface area contributed by atoms with Crippen molar-refractivity contribution in [2.75, 3.05) is 0 Å². The van der Waals surface area contributed by atoms with Crippen molar-refractivity contribution < 1.29 is 5.11 Å². The number of thiophene rings is 1. The Labute approximate surface area is 78.2 Å². The van der Waals surface area contributed by atoms with Crippen molar-refractivity contribution in [3.8, 4) is 0 Å². The maximum Gasteiger partial charge on any atom is 0.0910 e. The van der Waals surface area contributed by atoms with Crippen LogP contribution in [0.25, 0.3) is 0 Å². The van der Waals surface area contributed by atoms with Crippen molar-refractivity contribution in [3.63, 3.8) is 0 Å². The molecule has 0 radical (unpaired) electrons. The molecule has 0 aromatic carbocycles. The van der Waals surface area contributed by atoms with E-state index in [0.717, 1.165) is 8.66 Å². The van der Waals surface area contributed by atoms with Gasteiger partial charge in [-0.3, -0.25) is 0 Å². The molecule has 1 aliphatic rings. The lowest BCUT2D eigenvalue weighted by atomic mass is 10.2. The highest BCUT2D eigenvalue weighted by Gasteiger charge is 2.31.